The maximum Gasteiger partial charge on any atom is 0.163 e. The molecule has 0 N–H and O–H groups in total. The van der Waals surface area contributed by atoms with E-state index in [-0.39, 0.29) is 24.8 Å². The van der Waals surface area contributed by atoms with Crippen molar-refractivity contribution in [2.24, 2.45) is 0 Å². The van der Waals surface area contributed by atoms with Crippen LogP contribution in [0.1, 0.15) is 20.3 Å². The van der Waals surface area contributed by atoms with E-state index in [9.17, 15) is 4.79 Å². The van der Waals surface area contributed by atoms with E-state index in [1.165, 1.54) is 0 Å². The van der Waals surface area contributed by atoms with Crippen molar-refractivity contribution >= 4 is 21.7 Å². The molecule has 0 spiro atoms. The van der Waals surface area contributed by atoms with E-state index in [4.69, 9.17) is 18.9 Å². The van der Waals surface area contributed by atoms with Gasteiger partial charge in [-0.1, -0.05) is 15.9 Å². The number of carbonyl (C=O) groups excluding carboxylic acids is 1. The summed E-state index contributed by atoms with van der Waals surface area (Å²) in [6.45, 7) is 4.25. The van der Waals surface area contributed by atoms with Gasteiger partial charge in [-0.05, 0) is 13.8 Å². The average Bonchev–Trinajstić information content (AvgIpc) is 2.64. The first-order valence-corrected chi connectivity index (χ1v) is 6.60. The smallest absolute Gasteiger partial charge is 0.163 e. The Morgan fingerprint density at radius 2 is 2.29 bits per heavy atom. The number of ketones is 1. The summed E-state index contributed by atoms with van der Waals surface area (Å²) in [5.41, 5.74) is 0. The number of halogens is 1. The molecule has 1 heterocycles. The predicted molar refractivity (Wildman–Crippen MR) is 65.1 cm³/mol. The number of hydrogen-bond donors (Lipinski definition) is 0. The molecule has 0 amide bonds. The Labute approximate surface area is 110 Å². The van der Waals surface area contributed by atoms with Crippen molar-refractivity contribution < 1.29 is 23.7 Å². The summed E-state index contributed by atoms with van der Waals surface area (Å²) < 4.78 is 21.5. The van der Waals surface area contributed by atoms with Gasteiger partial charge in [-0.3, -0.25) is 4.79 Å². The van der Waals surface area contributed by atoms with Crippen molar-refractivity contribution in [3.63, 3.8) is 0 Å². The minimum absolute atomic E-state index is 0.0689. The first-order chi connectivity index (χ1) is 7.98. The maximum absolute atomic E-state index is 11.4. The van der Waals surface area contributed by atoms with Crippen molar-refractivity contribution in [1.82, 2.24) is 0 Å². The number of ether oxygens (including phenoxy) is 4. The molecule has 1 saturated heterocycles. The van der Waals surface area contributed by atoms with Crippen molar-refractivity contribution in [2.45, 2.75) is 38.3 Å². The third-order valence-electron chi connectivity index (χ3n) is 2.42. The summed E-state index contributed by atoms with van der Waals surface area (Å²) in [5, 5.41) is 0.316. The molecule has 1 aliphatic heterocycles. The number of hydrogen-bond acceptors (Lipinski definition) is 5. The van der Waals surface area contributed by atoms with Gasteiger partial charge in [0.1, 0.15) is 18.7 Å². The highest BCUT2D eigenvalue weighted by molar-refractivity contribution is 9.09. The lowest BCUT2D eigenvalue weighted by molar-refractivity contribution is -0.171. The minimum atomic E-state index is -0.614. The zero-order chi connectivity index (χ0) is 12.9. The molecule has 100 valence electrons. The number of rotatable bonds is 7. The standard InChI is InChI=1S/C11H19BrO5/c1-11(2)16-6-10(17-11)9(15-7-14-3)4-8(13)5-12/h9-10H,4-7H2,1-3H3/t9-,10+/m0/s1. The quantitative estimate of drug-likeness (QED) is 0.526. The number of alkyl halides is 1. The van der Waals surface area contributed by atoms with Crippen LogP contribution in [0.5, 0.6) is 0 Å². The van der Waals surface area contributed by atoms with Gasteiger partial charge in [0, 0.05) is 13.5 Å². The van der Waals surface area contributed by atoms with Crippen LogP contribution >= 0.6 is 15.9 Å². The highest BCUT2D eigenvalue weighted by Gasteiger charge is 2.38. The number of Topliss-reactive ketones (excluding diaryl/α,β-unsaturated/α-hetero) is 1. The van der Waals surface area contributed by atoms with Gasteiger partial charge in [-0.15, -0.1) is 0 Å². The van der Waals surface area contributed by atoms with E-state index in [0.717, 1.165) is 0 Å². The fraction of sp³-hybridized carbons (Fsp3) is 0.909. The topological polar surface area (TPSA) is 54.0 Å². The molecule has 1 aliphatic rings. The van der Waals surface area contributed by atoms with Gasteiger partial charge in [0.15, 0.2) is 5.79 Å². The second-order valence-electron chi connectivity index (χ2n) is 4.36. The second kappa shape index (κ2) is 6.80. The fourth-order valence-corrected chi connectivity index (χ4v) is 1.86. The molecule has 0 radical (unpaired) electrons. The van der Waals surface area contributed by atoms with Gasteiger partial charge in [-0.2, -0.15) is 0 Å². The summed E-state index contributed by atoms with van der Waals surface area (Å²) in [7, 11) is 1.54. The largest absolute Gasteiger partial charge is 0.359 e. The van der Waals surface area contributed by atoms with Crippen LogP contribution in [0.2, 0.25) is 0 Å². The van der Waals surface area contributed by atoms with Gasteiger partial charge in [-0.25, -0.2) is 0 Å². The van der Waals surface area contributed by atoms with E-state index < -0.39 is 5.79 Å². The van der Waals surface area contributed by atoms with Crippen LogP contribution in [0, 0.1) is 0 Å². The highest BCUT2D eigenvalue weighted by Crippen LogP contribution is 2.26. The molecule has 2 atom stereocenters. The fourth-order valence-electron chi connectivity index (χ4n) is 1.63. The molecule has 1 rings (SSSR count). The van der Waals surface area contributed by atoms with Crippen LogP contribution in [0.15, 0.2) is 0 Å². The molecule has 0 aliphatic carbocycles. The molecule has 1 fully saturated rings. The molecule has 17 heavy (non-hydrogen) atoms. The summed E-state index contributed by atoms with van der Waals surface area (Å²) in [5.74, 6) is -0.545. The molecule has 0 saturated carbocycles. The summed E-state index contributed by atoms with van der Waals surface area (Å²) >= 11 is 3.13. The Hall–Kier alpha value is -0.0100. The summed E-state index contributed by atoms with van der Waals surface area (Å²) in [6, 6.07) is 0. The Kier molecular flexibility index (Phi) is 6.02. The van der Waals surface area contributed by atoms with E-state index >= 15 is 0 Å². The molecular weight excluding hydrogens is 292 g/mol. The maximum atomic E-state index is 11.4. The lowest BCUT2D eigenvalue weighted by Gasteiger charge is -2.23. The van der Waals surface area contributed by atoms with Crippen molar-refractivity contribution in [1.29, 1.82) is 0 Å². The van der Waals surface area contributed by atoms with Crippen LogP contribution in [-0.4, -0.2) is 49.6 Å². The third-order valence-corrected chi connectivity index (χ3v) is 3.05. The first-order valence-electron chi connectivity index (χ1n) is 5.48. The predicted octanol–water partition coefficient (Wildman–Crippen LogP) is 1.48. The monoisotopic (exact) mass is 310 g/mol. The molecule has 0 bridgehead atoms. The highest BCUT2D eigenvalue weighted by atomic mass is 79.9. The molecule has 0 aromatic carbocycles. The average molecular weight is 311 g/mol. The Morgan fingerprint density at radius 3 is 2.76 bits per heavy atom. The molecule has 5 nitrogen and oxygen atoms in total. The lowest BCUT2D eigenvalue weighted by atomic mass is 10.1. The van der Waals surface area contributed by atoms with Crippen molar-refractivity contribution in [3.8, 4) is 0 Å². The van der Waals surface area contributed by atoms with Crippen molar-refractivity contribution in [3.05, 3.63) is 0 Å². The first kappa shape index (κ1) is 15.0. The lowest BCUT2D eigenvalue weighted by Crippen LogP contribution is -2.35. The van der Waals surface area contributed by atoms with Crippen LogP contribution in [0.4, 0.5) is 0 Å². The minimum Gasteiger partial charge on any atom is -0.359 e. The molecular formula is C11H19BrO5. The summed E-state index contributed by atoms with van der Waals surface area (Å²) in [4.78, 5) is 11.4. The zero-order valence-electron chi connectivity index (χ0n) is 10.4. The van der Waals surface area contributed by atoms with E-state index in [1.54, 1.807) is 7.11 Å². The van der Waals surface area contributed by atoms with Crippen molar-refractivity contribution in [2.75, 3.05) is 25.8 Å². The van der Waals surface area contributed by atoms with Crippen LogP contribution in [0.25, 0.3) is 0 Å². The van der Waals surface area contributed by atoms with Gasteiger partial charge >= 0.3 is 0 Å². The Bertz CT molecular complexity index is 256. The third kappa shape index (κ3) is 5.01. The Balaban J connectivity index is 2.53. The molecule has 0 unspecified atom stereocenters. The van der Waals surface area contributed by atoms with Gasteiger partial charge in [0.25, 0.3) is 0 Å². The molecule has 6 heteroatoms. The SMILES string of the molecule is COCO[C@@H](CC(=O)CBr)[C@H]1COC(C)(C)O1. The second-order valence-corrected chi connectivity index (χ2v) is 4.92. The molecule has 0 aromatic rings. The van der Waals surface area contributed by atoms with E-state index in [0.29, 0.717) is 18.4 Å². The Morgan fingerprint density at radius 1 is 1.59 bits per heavy atom. The van der Waals surface area contributed by atoms with Crippen LogP contribution < -0.4 is 0 Å². The van der Waals surface area contributed by atoms with Gasteiger partial charge in [0.05, 0.1) is 18.0 Å². The molecule has 0 aromatic heterocycles. The van der Waals surface area contributed by atoms with Gasteiger partial charge < -0.3 is 18.9 Å². The summed E-state index contributed by atoms with van der Waals surface area (Å²) in [6.07, 6.45) is -0.274. The van der Waals surface area contributed by atoms with E-state index in [1.807, 2.05) is 13.8 Å². The number of carbonyl (C=O) groups is 1. The van der Waals surface area contributed by atoms with Crippen LogP contribution in [0.3, 0.4) is 0 Å². The number of methoxy groups -OCH3 is 1. The van der Waals surface area contributed by atoms with E-state index in [2.05, 4.69) is 15.9 Å². The van der Waals surface area contributed by atoms with Crippen LogP contribution in [-0.2, 0) is 23.7 Å². The van der Waals surface area contributed by atoms with Gasteiger partial charge in [0.2, 0.25) is 0 Å². The normalized spacial score (nSPS) is 24.8. The zero-order valence-corrected chi connectivity index (χ0v) is 12.0.